The van der Waals surface area contributed by atoms with Crippen molar-refractivity contribution in [3.63, 3.8) is 0 Å². The number of nitrogens with zero attached hydrogens (tertiary/aromatic N) is 1. The van der Waals surface area contributed by atoms with Crippen molar-refractivity contribution in [1.29, 1.82) is 0 Å². The first-order valence-corrected chi connectivity index (χ1v) is 12.9. The van der Waals surface area contributed by atoms with Gasteiger partial charge in [0.25, 0.3) is 0 Å². The highest BCUT2D eigenvalue weighted by Gasteiger charge is 2.17. The lowest BCUT2D eigenvalue weighted by Gasteiger charge is -2.13. The Morgan fingerprint density at radius 2 is 1.68 bits per heavy atom. The molecule has 176 valence electrons. The average Bonchev–Trinajstić information content (AvgIpc) is 3.51. The maximum Gasteiger partial charge on any atom is 0.153 e. The predicted molar refractivity (Wildman–Crippen MR) is 139 cm³/mol. The van der Waals surface area contributed by atoms with Crippen molar-refractivity contribution in [1.82, 2.24) is 4.90 Å². The number of hydrogen-bond donors (Lipinski definition) is 1. The summed E-state index contributed by atoms with van der Waals surface area (Å²) in [5, 5.41) is 10.7. The molecule has 0 unspecified atom stereocenters. The summed E-state index contributed by atoms with van der Waals surface area (Å²) in [5.74, 6) is 2.61. The molecule has 1 aliphatic heterocycles. The van der Waals surface area contributed by atoms with E-state index in [2.05, 4.69) is 4.90 Å². The zero-order valence-corrected chi connectivity index (χ0v) is 20.7. The van der Waals surface area contributed by atoms with Crippen LogP contribution in [0.1, 0.15) is 12.8 Å². The number of benzene rings is 3. The third kappa shape index (κ3) is 5.33. The topological polar surface area (TPSA) is 51.2 Å². The van der Waals surface area contributed by atoms with Crippen molar-refractivity contribution in [2.45, 2.75) is 17.7 Å². The van der Waals surface area contributed by atoms with Gasteiger partial charge in [-0.2, -0.15) is 0 Å². The Bertz CT molecular complexity index is 1230. The third-order valence-corrected chi connectivity index (χ3v) is 7.80. The monoisotopic (exact) mass is 493 g/mol. The number of methoxy groups -OCH3 is 1. The van der Waals surface area contributed by atoms with Gasteiger partial charge in [-0.05, 0) is 98.2 Å². The molecule has 0 radical (unpaired) electrons. The molecule has 1 saturated heterocycles. The molecule has 1 aromatic heterocycles. The molecule has 1 N–H and O–H groups in total. The minimum atomic E-state index is 0.240. The van der Waals surface area contributed by atoms with Crippen LogP contribution >= 0.6 is 23.4 Å². The van der Waals surface area contributed by atoms with Crippen molar-refractivity contribution in [2.24, 2.45) is 0 Å². The molecule has 5 rings (SSSR count). The first kappa shape index (κ1) is 23.1. The Hall–Kier alpha value is -2.71. The predicted octanol–water partition coefficient (Wildman–Crippen LogP) is 7.19. The molecular weight excluding hydrogens is 466 g/mol. The first-order chi connectivity index (χ1) is 16.7. The van der Waals surface area contributed by atoms with Crippen molar-refractivity contribution >= 4 is 33.5 Å². The minimum Gasteiger partial charge on any atom is -0.508 e. The standard InChI is InChI=1S/C27H27NO4S2/c1-30-22-10-13-24-25(18-22)33-27(19-4-6-20(29)7-5-19)26(24)32-21-8-11-23(12-9-21)34-31-17-16-28-14-2-3-15-28/h4-13,18,29H,2-3,14-17H2,1H3. The van der Waals surface area contributed by atoms with Crippen LogP contribution in [0.3, 0.4) is 0 Å². The van der Waals surface area contributed by atoms with Crippen LogP contribution in [0.15, 0.2) is 71.6 Å². The van der Waals surface area contributed by atoms with E-state index in [1.807, 2.05) is 54.6 Å². The highest BCUT2D eigenvalue weighted by molar-refractivity contribution is 7.94. The summed E-state index contributed by atoms with van der Waals surface area (Å²) in [6.07, 6.45) is 2.60. The van der Waals surface area contributed by atoms with Gasteiger partial charge in [0.05, 0.1) is 18.6 Å². The van der Waals surface area contributed by atoms with Crippen LogP contribution in [-0.2, 0) is 4.18 Å². The lowest BCUT2D eigenvalue weighted by atomic mass is 10.1. The van der Waals surface area contributed by atoms with Crippen molar-refractivity contribution in [3.8, 4) is 33.4 Å². The number of thiophene rings is 1. The normalized spacial score (nSPS) is 14.0. The number of ether oxygens (including phenoxy) is 2. The first-order valence-electron chi connectivity index (χ1n) is 11.4. The Balaban J connectivity index is 1.33. The Kier molecular flexibility index (Phi) is 7.25. The number of fused-ring (bicyclic) bond motifs is 1. The van der Waals surface area contributed by atoms with E-state index in [1.54, 1.807) is 30.6 Å². The lowest BCUT2D eigenvalue weighted by molar-refractivity contribution is 0.261. The van der Waals surface area contributed by atoms with Crippen molar-refractivity contribution in [3.05, 3.63) is 66.7 Å². The molecular formula is C27H27NO4S2. The molecule has 7 heteroatoms. The second-order valence-corrected chi connectivity index (χ2v) is 10.1. The molecule has 3 aromatic carbocycles. The summed E-state index contributed by atoms with van der Waals surface area (Å²) in [4.78, 5) is 4.50. The maximum absolute atomic E-state index is 9.72. The van der Waals surface area contributed by atoms with Crippen LogP contribution in [0.5, 0.6) is 23.0 Å². The molecule has 0 aliphatic carbocycles. The van der Waals surface area contributed by atoms with Crippen molar-refractivity contribution in [2.75, 3.05) is 33.4 Å². The van der Waals surface area contributed by atoms with Crippen LogP contribution in [0.4, 0.5) is 0 Å². The second-order valence-electron chi connectivity index (χ2n) is 8.20. The highest BCUT2D eigenvalue weighted by atomic mass is 32.2. The summed E-state index contributed by atoms with van der Waals surface area (Å²) in [7, 11) is 1.67. The number of likely N-dealkylation sites (tertiary alicyclic amines) is 1. The van der Waals surface area contributed by atoms with Crippen LogP contribution in [0.2, 0.25) is 0 Å². The SMILES string of the molecule is COc1ccc2c(Oc3ccc(SOCCN4CCCC4)cc3)c(-c3ccc(O)cc3)sc2c1. The van der Waals surface area contributed by atoms with E-state index in [1.165, 1.54) is 38.0 Å². The van der Waals surface area contributed by atoms with Gasteiger partial charge in [0.15, 0.2) is 5.75 Å². The number of rotatable bonds is 9. The summed E-state index contributed by atoms with van der Waals surface area (Å²) < 4.78 is 18.7. The summed E-state index contributed by atoms with van der Waals surface area (Å²) >= 11 is 3.05. The van der Waals surface area contributed by atoms with Crippen molar-refractivity contribution < 1.29 is 18.8 Å². The van der Waals surface area contributed by atoms with Crippen LogP contribution < -0.4 is 9.47 Å². The van der Waals surface area contributed by atoms with E-state index in [0.717, 1.165) is 55.8 Å². The van der Waals surface area contributed by atoms with Gasteiger partial charge in [-0.15, -0.1) is 11.3 Å². The van der Waals surface area contributed by atoms with Crippen LogP contribution in [-0.4, -0.2) is 43.4 Å². The summed E-state index contributed by atoms with van der Waals surface area (Å²) in [6, 6.07) is 21.2. The van der Waals surface area contributed by atoms with E-state index in [0.29, 0.717) is 0 Å². The van der Waals surface area contributed by atoms with Gasteiger partial charge in [-0.3, -0.25) is 0 Å². The molecule has 1 aliphatic rings. The van der Waals surface area contributed by atoms with E-state index >= 15 is 0 Å². The van der Waals surface area contributed by atoms with E-state index in [9.17, 15) is 5.11 Å². The molecule has 0 saturated carbocycles. The van der Waals surface area contributed by atoms with E-state index in [4.69, 9.17) is 13.7 Å². The molecule has 5 nitrogen and oxygen atoms in total. The highest BCUT2D eigenvalue weighted by Crippen LogP contribution is 2.47. The summed E-state index contributed by atoms with van der Waals surface area (Å²) in [6.45, 7) is 4.10. The zero-order chi connectivity index (χ0) is 23.3. The Morgan fingerprint density at radius 1 is 0.941 bits per heavy atom. The lowest BCUT2D eigenvalue weighted by Crippen LogP contribution is -2.23. The third-order valence-electron chi connectivity index (χ3n) is 5.87. The van der Waals surface area contributed by atoms with Gasteiger partial charge in [0.1, 0.15) is 17.2 Å². The molecule has 0 atom stereocenters. The number of phenolic OH excluding ortho intramolecular Hbond substituents is 1. The molecule has 34 heavy (non-hydrogen) atoms. The number of hydrogen-bond acceptors (Lipinski definition) is 7. The molecule has 1 fully saturated rings. The minimum absolute atomic E-state index is 0.240. The van der Waals surface area contributed by atoms with Gasteiger partial charge in [-0.1, -0.05) is 0 Å². The molecule has 0 amide bonds. The Labute approximate surface area is 208 Å². The van der Waals surface area contributed by atoms with Gasteiger partial charge in [0, 0.05) is 33.6 Å². The fraction of sp³-hybridized carbons (Fsp3) is 0.259. The maximum atomic E-state index is 9.72. The molecule has 0 spiro atoms. The average molecular weight is 494 g/mol. The fourth-order valence-corrected chi connectivity index (χ4v) is 5.75. The molecule has 4 aromatic rings. The largest absolute Gasteiger partial charge is 0.508 e. The molecule has 0 bridgehead atoms. The van der Waals surface area contributed by atoms with E-state index in [-0.39, 0.29) is 5.75 Å². The second kappa shape index (κ2) is 10.7. The number of phenols is 1. The van der Waals surface area contributed by atoms with Gasteiger partial charge < -0.3 is 23.7 Å². The smallest absolute Gasteiger partial charge is 0.153 e. The Morgan fingerprint density at radius 3 is 2.41 bits per heavy atom. The van der Waals surface area contributed by atoms with Crippen LogP contribution in [0, 0.1) is 0 Å². The van der Waals surface area contributed by atoms with Crippen LogP contribution in [0.25, 0.3) is 20.5 Å². The quantitative estimate of drug-likeness (QED) is 0.197. The summed E-state index contributed by atoms with van der Waals surface area (Å²) in [5.41, 5.74) is 0.992. The molecule has 2 heterocycles. The van der Waals surface area contributed by atoms with Gasteiger partial charge in [0.2, 0.25) is 0 Å². The van der Waals surface area contributed by atoms with Gasteiger partial charge >= 0.3 is 0 Å². The zero-order valence-electron chi connectivity index (χ0n) is 19.0. The van der Waals surface area contributed by atoms with Gasteiger partial charge in [-0.25, -0.2) is 0 Å². The fourth-order valence-electron chi connectivity index (χ4n) is 4.05. The van der Waals surface area contributed by atoms with E-state index < -0.39 is 0 Å². The number of aromatic hydroxyl groups is 1.